The third-order valence-electron chi connectivity index (χ3n) is 3.29. The molecule has 88 valence electrons. The number of halogens is 1. The molecule has 0 aliphatic carbocycles. The van der Waals surface area contributed by atoms with Crippen LogP contribution in [0, 0.1) is 11.7 Å². The molecule has 3 rings (SSSR count). The number of aromatic amines is 1. The fourth-order valence-corrected chi connectivity index (χ4v) is 2.42. The van der Waals surface area contributed by atoms with Gasteiger partial charge in [-0.2, -0.15) is 0 Å². The average Bonchev–Trinajstić information content (AvgIpc) is 2.73. The lowest BCUT2D eigenvalue weighted by Gasteiger charge is -2.16. The molecule has 1 atom stereocenters. The first-order valence-electron chi connectivity index (χ1n) is 5.96. The van der Waals surface area contributed by atoms with Crippen molar-refractivity contribution in [3.8, 4) is 0 Å². The molecule has 3 heteroatoms. The molecule has 2 heterocycles. The summed E-state index contributed by atoms with van der Waals surface area (Å²) in [5, 5.41) is 4.34. The van der Waals surface area contributed by atoms with Crippen molar-refractivity contribution < 1.29 is 4.39 Å². The zero-order chi connectivity index (χ0) is 11.7. The van der Waals surface area contributed by atoms with E-state index in [2.05, 4.69) is 22.5 Å². The molecule has 2 N–H and O–H groups in total. The third-order valence-corrected chi connectivity index (χ3v) is 3.29. The Kier molecular flexibility index (Phi) is 2.69. The van der Waals surface area contributed by atoms with Crippen LogP contribution in [-0.4, -0.2) is 18.1 Å². The molecule has 1 aromatic heterocycles. The van der Waals surface area contributed by atoms with Crippen LogP contribution in [0.5, 0.6) is 0 Å². The van der Waals surface area contributed by atoms with Crippen molar-refractivity contribution in [1.29, 1.82) is 0 Å². The number of benzene rings is 1. The van der Waals surface area contributed by atoms with Crippen molar-refractivity contribution in [2.45, 2.75) is 6.42 Å². The Balaban J connectivity index is 1.91. The smallest absolute Gasteiger partial charge is 0.123 e. The molecular formula is C14H15FN2. The SMILES string of the molecule is Fc1ccc2[nH]cc(CC3C=CCNC3)c2c1. The summed E-state index contributed by atoms with van der Waals surface area (Å²) in [5.74, 6) is 0.335. The molecule has 0 bridgehead atoms. The van der Waals surface area contributed by atoms with Gasteiger partial charge < -0.3 is 10.3 Å². The fourth-order valence-electron chi connectivity index (χ4n) is 2.42. The molecule has 17 heavy (non-hydrogen) atoms. The molecule has 1 aliphatic rings. The summed E-state index contributed by atoms with van der Waals surface area (Å²) in [7, 11) is 0. The van der Waals surface area contributed by atoms with E-state index in [0.717, 1.165) is 30.4 Å². The normalized spacial score (nSPS) is 19.9. The van der Waals surface area contributed by atoms with E-state index in [1.54, 1.807) is 12.1 Å². The second-order valence-electron chi connectivity index (χ2n) is 4.55. The van der Waals surface area contributed by atoms with Gasteiger partial charge in [0.25, 0.3) is 0 Å². The lowest BCUT2D eigenvalue weighted by atomic mass is 9.97. The standard InChI is InChI=1S/C14H15FN2/c15-12-3-4-14-13(7-12)11(9-17-14)6-10-2-1-5-16-8-10/h1-4,7,9-10,16-17H,5-6,8H2. The Morgan fingerprint density at radius 2 is 2.29 bits per heavy atom. The highest BCUT2D eigenvalue weighted by molar-refractivity contribution is 5.83. The zero-order valence-electron chi connectivity index (χ0n) is 9.54. The molecule has 0 saturated carbocycles. The van der Waals surface area contributed by atoms with Crippen LogP contribution in [0.1, 0.15) is 5.56 Å². The van der Waals surface area contributed by atoms with Gasteiger partial charge in [-0.3, -0.25) is 0 Å². The molecule has 0 fully saturated rings. The van der Waals surface area contributed by atoms with Crippen molar-refractivity contribution in [3.05, 3.63) is 47.9 Å². The van der Waals surface area contributed by atoms with Crippen LogP contribution >= 0.6 is 0 Å². The van der Waals surface area contributed by atoms with Gasteiger partial charge in [-0.25, -0.2) is 4.39 Å². The summed E-state index contributed by atoms with van der Waals surface area (Å²) in [6, 6.07) is 4.90. The highest BCUT2D eigenvalue weighted by atomic mass is 19.1. The van der Waals surface area contributed by atoms with Gasteiger partial charge in [0.05, 0.1) is 0 Å². The number of aromatic nitrogens is 1. The van der Waals surface area contributed by atoms with Crippen molar-refractivity contribution in [2.75, 3.05) is 13.1 Å². The minimum Gasteiger partial charge on any atom is -0.361 e. The molecule has 2 nitrogen and oxygen atoms in total. The number of hydrogen-bond donors (Lipinski definition) is 2. The molecule has 0 spiro atoms. The van der Waals surface area contributed by atoms with E-state index in [1.807, 2.05) is 6.20 Å². The summed E-state index contributed by atoms with van der Waals surface area (Å²) in [6.07, 6.45) is 7.34. The molecule has 1 aliphatic heterocycles. The molecular weight excluding hydrogens is 215 g/mol. The highest BCUT2D eigenvalue weighted by Crippen LogP contribution is 2.22. The van der Waals surface area contributed by atoms with E-state index in [9.17, 15) is 4.39 Å². The fraction of sp³-hybridized carbons (Fsp3) is 0.286. The second-order valence-corrected chi connectivity index (χ2v) is 4.55. The highest BCUT2D eigenvalue weighted by Gasteiger charge is 2.12. The number of H-pyrrole nitrogens is 1. The summed E-state index contributed by atoms with van der Waals surface area (Å²) in [6.45, 7) is 1.96. The van der Waals surface area contributed by atoms with E-state index < -0.39 is 0 Å². The van der Waals surface area contributed by atoms with Gasteiger partial charge in [-0.1, -0.05) is 12.2 Å². The molecule has 0 saturated heterocycles. The summed E-state index contributed by atoms with van der Waals surface area (Å²) >= 11 is 0. The van der Waals surface area contributed by atoms with Crippen LogP contribution < -0.4 is 5.32 Å². The van der Waals surface area contributed by atoms with Crippen LogP contribution in [0.4, 0.5) is 4.39 Å². The van der Waals surface area contributed by atoms with E-state index in [-0.39, 0.29) is 5.82 Å². The van der Waals surface area contributed by atoms with Crippen molar-refractivity contribution >= 4 is 10.9 Å². The molecule has 0 amide bonds. The first-order chi connectivity index (χ1) is 8.33. The average molecular weight is 230 g/mol. The van der Waals surface area contributed by atoms with Gasteiger partial charge >= 0.3 is 0 Å². The quantitative estimate of drug-likeness (QED) is 0.763. The van der Waals surface area contributed by atoms with Gasteiger partial charge in [-0.15, -0.1) is 0 Å². The third kappa shape index (κ3) is 2.11. The summed E-state index contributed by atoms with van der Waals surface area (Å²) in [5.41, 5.74) is 2.20. The van der Waals surface area contributed by atoms with Crippen LogP contribution in [0.3, 0.4) is 0 Å². The molecule has 0 radical (unpaired) electrons. The maximum absolute atomic E-state index is 13.2. The van der Waals surface area contributed by atoms with E-state index in [1.165, 1.54) is 11.6 Å². The minimum absolute atomic E-state index is 0.171. The van der Waals surface area contributed by atoms with Crippen LogP contribution in [0.2, 0.25) is 0 Å². The van der Waals surface area contributed by atoms with Crippen molar-refractivity contribution in [1.82, 2.24) is 10.3 Å². The topological polar surface area (TPSA) is 27.8 Å². The second kappa shape index (κ2) is 4.34. The van der Waals surface area contributed by atoms with E-state index in [4.69, 9.17) is 0 Å². The predicted molar refractivity (Wildman–Crippen MR) is 67.5 cm³/mol. The maximum atomic E-state index is 13.2. The van der Waals surface area contributed by atoms with E-state index >= 15 is 0 Å². The Labute approximate surface area is 99.5 Å². The minimum atomic E-state index is -0.171. The Hall–Kier alpha value is -1.61. The van der Waals surface area contributed by atoms with Crippen LogP contribution in [0.25, 0.3) is 10.9 Å². The van der Waals surface area contributed by atoms with Gasteiger partial charge in [0.2, 0.25) is 0 Å². The lowest BCUT2D eigenvalue weighted by molar-refractivity contribution is 0.556. The molecule has 1 aromatic carbocycles. The van der Waals surface area contributed by atoms with Gasteiger partial charge in [0.15, 0.2) is 0 Å². The maximum Gasteiger partial charge on any atom is 0.123 e. The van der Waals surface area contributed by atoms with E-state index in [0.29, 0.717) is 5.92 Å². The van der Waals surface area contributed by atoms with Crippen molar-refractivity contribution in [2.24, 2.45) is 5.92 Å². The Bertz CT molecular complexity index is 556. The van der Waals surface area contributed by atoms with Crippen LogP contribution in [-0.2, 0) is 6.42 Å². The summed E-state index contributed by atoms with van der Waals surface area (Å²) < 4.78 is 13.2. The largest absolute Gasteiger partial charge is 0.361 e. The van der Waals surface area contributed by atoms with Crippen molar-refractivity contribution in [3.63, 3.8) is 0 Å². The van der Waals surface area contributed by atoms with Gasteiger partial charge in [0, 0.05) is 30.2 Å². The number of fused-ring (bicyclic) bond motifs is 1. The monoisotopic (exact) mass is 230 g/mol. The molecule has 1 unspecified atom stereocenters. The lowest BCUT2D eigenvalue weighted by Crippen LogP contribution is -2.27. The molecule has 2 aromatic rings. The first kappa shape index (κ1) is 10.5. The van der Waals surface area contributed by atoms with Gasteiger partial charge in [-0.05, 0) is 36.1 Å². The van der Waals surface area contributed by atoms with Gasteiger partial charge in [0.1, 0.15) is 5.82 Å². The number of rotatable bonds is 2. The first-order valence-corrected chi connectivity index (χ1v) is 5.96. The number of hydrogen-bond acceptors (Lipinski definition) is 1. The Morgan fingerprint density at radius 3 is 3.12 bits per heavy atom. The predicted octanol–water partition coefficient (Wildman–Crippen LogP) is 2.63. The summed E-state index contributed by atoms with van der Waals surface area (Å²) in [4.78, 5) is 3.19. The van der Waals surface area contributed by atoms with Crippen LogP contribution in [0.15, 0.2) is 36.5 Å². The zero-order valence-corrected chi connectivity index (χ0v) is 9.54. The number of nitrogens with one attached hydrogen (secondary N) is 2. The Morgan fingerprint density at radius 1 is 1.35 bits per heavy atom.